The lowest BCUT2D eigenvalue weighted by atomic mass is 10.2. The van der Waals surface area contributed by atoms with E-state index in [9.17, 15) is 23.6 Å². The third-order valence-electron chi connectivity index (χ3n) is 5.63. The first-order valence-electron chi connectivity index (χ1n) is 10.4. The predicted molar refractivity (Wildman–Crippen MR) is 121 cm³/mol. The lowest BCUT2D eigenvalue weighted by Crippen LogP contribution is -2.35. The maximum Gasteiger partial charge on any atom is 0.414 e. The molecule has 2 amide bonds. The normalized spacial score (nSPS) is 17.7. The first-order valence-corrected chi connectivity index (χ1v) is 11.3. The van der Waals surface area contributed by atoms with Crippen LogP contribution < -0.4 is 21.5 Å². The topological polar surface area (TPSA) is 114 Å². The third kappa shape index (κ3) is 4.11. The highest BCUT2D eigenvalue weighted by Gasteiger charge is 2.32. The quantitative estimate of drug-likeness (QED) is 0.593. The average molecular weight is 470 g/mol. The standard InChI is InChI=1S/C22H19FN4O5S/c23-12-3-5-15-16(8-12)25-21(30)26(20(15)29)7-1-2-14-10-27(22(31)32-14)13-4-6-18-17(9-13)24-19(28)11-33-18/h3-6,8-9,14H,1-2,7,10-11H2,(H,24,28)(H,25,30). The Kier molecular flexibility index (Phi) is 5.41. The Balaban J connectivity index is 1.25. The van der Waals surface area contributed by atoms with E-state index in [2.05, 4.69) is 10.3 Å². The van der Waals surface area contributed by atoms with E-state index in [4.69, 9.17) is 4.74 Å². The molecule has 0 aliphatic carbocycles. The number of H-pyrrole nitrogens is 1. The number of carbonyl (C=O) groups excluding carboxylic acids is 2. The summed E-state index contributed by atoms with van der Waals surface area (Å²) in [4.78, 5) is 53.9. The summed E-state index contributed by atoms with van der Waals surface area (Å²) in [6.07, 6.45) is -0.00910. The number of halogens is 1. The van der Waals surface area contributed by atoms with Crippen molar-refractivity contribution < 1.29 is 18.7 Å². The molecule has 0 saturated carbocycles. The zero-order valence-corrected chi connectivity index (χ0v) is 18.1. The Labute approximate surface area is 190 Å². The van der Waals surface area contributed by atoms with Crippen molar-refractivity contribution in [2.45, 2.75) is 30.4 Å². The van der Waals surface area contributed by atoms with Crippen LogP contribution in [0, 0.1) is 5.82 Å². The molecule has 9 nitrogen and oxygen atoms in total. The van der Waals surface area contributed by atoms with Gasteiger partial charge in [0, 0.05) is 17.1 Å². The van der Waals surface area contributed by atoms with Crippen molar-refractivity contribution >= 4 is 46.0 Å². The zero-order chi connectivity index (χ0) is 23.1. The number of nitrogens with zero attached hydrogens (tertiary/aromatic N) is 2. The number of hydrogen-bond acceptors (Lipinski definition) is 6. The van der Waals surface area contributed by atoms with Crippen molar-refractivity contribution in [1.82, 2.24) is 9.55 Å². The molecule has 11 heteroatoms. The van der Waals surface area contributed by atoms with E-state index < -0.39 is 29.3 Å². The van der Waals surface area contributed by atoms with Gasteiger partial charge in [0.05, 0.1) is 28.9 Å². The van der Waals surface area contributed by atoms with Crippen LogP contribution in [0.5, 0.6) is 0 Å². The van der Waals surface area contributed by atoms with Crippen LogP contribution >= 0.6 is 11.8 Å². The summed E-state index contributed by atoms with van der Waals surface area (Å²) in [7, 11) is 0. The summed E-state index contributed by atoms with van der Waals surface area (Å²) in [6.45, 7) is 0.457. The molecule has 33 heavy (non-hydrogen) atoms. The summed E-state index contributed by atoms with van der Waals surface area (Å²) in [5.41, 5.74) is 0.337. The molecule has 5 rings (SSSR count). The highest BCUT2D eigenvalue weighted by atomic mass is 32.2. The number of aromatic nitrogens is 2. The van der Waals surface area contributed by atoms with Crippen molar-refractivity contribution in [3.63, 3.8) is 0 Å². The van der Waals surface area contributed by atoms with Crippen LogP contribution in [0.3, 0.4) is 0 Å². The first-order chi connectivity index (χ1) is 15.9. The molecule has 1 saturated heterocycles. The number of fused-ring (bicyclic) bond motifs is 2. The minimum atomic E-state index is -0.614. The second kappa shape index (κ2) is 8.39. The maximum absolute atomic E-state index is 13.4. The molecule has 3 heterocycles. The van der Waals surface area contributed by atoms with Gasteiger partial charge in [0.15, 0.2) is 0 Å². The van der Waals surface area contributed by atoms with Crippen LogP contribution in [0.25, 0.3) is 10.9 Å². The van der Waals surface area contributed by atoms with Crippen LogP contribution in [-0.2, 0) is 16.1 Å². The molecule has 170 valence electrons. The molecule has 0 spiro atoms. The van der Waals surface area contributed by atoms with E-state index >= 15 is 0 Å². The van der Waals surface area contributed by atoms with Gasteiger partial charge in [-0.15, -0.1) is 11.8 Å². The lowest BCUT2D eigenvalue weighted by molar-refractivity contribution is -0.113. The molecule has 1 fully saturated rings. The number of ether oxygens (including phenoxy) is 1. The Bertz CT molecular complexity index is 1400. The van der Waals surface area contributed by atoms with Gasteiger partial charge in [-0.2, -0.15) is 0 Å². The molecule has 2 aliphatic rings. The maximum atomic E-state index is 13.4. The molecule has 2 aromatic carbocycles. The van der Waals surface area contributed by atoms with E-state index in [0.717, 1.165) is 15.5 Å². The zero-order valence-electron chi connectivity index (χ0n) is 17.3. The molecule has 0 radical (unpaired) electrons. The summed E-state index contributed by atoms with van der Waals surface area (Å²) >= 11 is 1.44. The lowest BCUT2D eigenvalue weighted by Gasteiger charge is -2.20. The molecule has 0 bridgehead atoms. The fourth-order valence-corrected chi connectivity index (χ4v) is 4.82. The van der Waals surface area contributed by atoms with Gasteiger partial charge in [0.2, 0.25) is 5.91 Å². The molecular weight excluding hydrogens is 451 g/mol. The Morgan fingerprint density at radius 3 is 2.82 bits per heavy atom. The number of hydrogen-bond donors (Lipinski definition) is 2. The molecule has 1 atom stereocenters. The Morgan fingerprint density at radius 2 is 1.97 bits per heavy atom. The third-order valence-corrected chi connectivity index (χ3v) is 6.71. The number of rotatable bonds is 5. The molecule has 2 aliphatic heterocycles. The largest absolute Gasteiger partial charge is 0.444 e. The minimum Gasteiger partial charge on any atom is -0.444 e. The van der Waals surface area contributed by atoms with Crippen molar-refractivity contribution in [2.75, 3.05) is 22.5 Å². The van der Waals surface area contributed by atoms with Gasteiger partial charge < -0.3 is 15.0 Å². The summed E-state index contributed by atoms with van der Waals surface area (Å²) < 4.78 is 19.9. The molecule has 1 aromatic heterocycles. The van der Waals surface area contributed by atoms with Gasteiger partial charge in [0.1, 0.15) is 11.9 Å². The summed E-state index contributed by atoms with van der Waals surface area (Å²) in [6, 6.07) is 9.04. The van der Waals surface area contributed by atoms with E-state index in [1.807, 2.05) is 12.1 Å². The number of aromatic amines is 1. The fourth-order valence-electron chi connectivity index (χ4n) is 4.03. The molecule has 1 unspecified atom stereocenters. The van der Waals surface area contributed by atoms with Crippen LogP contribution in [0.15, 0.2) is 50.9 Å². The van der Waals surface area contributed by atoms with Gasteiger partial charge in [-0.3, -0.25) is 19.1 Å². The number of anilines is 2. The molecule has 3 aromatic rings. The van der Waals surface area contributed by atoms with Crippen molar-refractivity contribution in [3.8, 4) is 0 Å². The number of carbonyl (C=O) groups is 2. The van der Waals surface area contributed by atoms with Crippen LogP contribution in [0.2, 0.25) is 0 Å². The van der Waals surface area contributed by atoms with Gasteiger partial charge in [0.25, 0.3) is 5.56 Å². The van der Waals surface area contributed by atoms with Gasteiger partial charge in [-0.1, -0.05) is 0 Å². The predicted octanol–water partition coefficient (Wildman–Crippen LogP) is 2.68. The number of thioether (sulfide) groups is 1. The van der Waals surface area contributed by atoms with Crippen molar-refractivity contribution in [1.29, 1.82) is 0 Å². The Hall–Kier alpha value is -3.60. The number of cyclic esters (lactones) is 1. The summed E-state index contributed by atoms with van der Waals surface area (Å²) in [5, 5.41) is 3.03. The second-order valence-corrected chi connectivity index (χ2v) is 8.87. The van der Waals surface area contributed by atoms with Gasteiger partial charge >= 0.3 is 11.8 Å². The minimum absolute atomic E-state index is 0.0874. The SMILES string of the molecule is O=C1CSc2ccc(N3CC(CCCn4c(=O)[nH]c5cc(F)ccc5c4=O)OC3=O)cc2N1. The molecular formula is C22H19FN4O5S. The highest BCUT2D eigenvalue weighted by Crippen LogP contribution is 2.35. The van der Waals surface area contributed by atoms with Crippen molar-refractivity contribution in [2.24, 2.45) is 0 Å². The monoisotopic (exact) mass is 470 g/mol. The van der Waals surface area contributed by atoms with Crippen molar-refractivity contribution in [3.05, 3.63) is 63.1 Å². The number of benzene rings is 2. The van der Waals surface area contributed by atoms with E-state index in [1.54, 1.807) is 6.07 Å². The van der Waals surface area contributed by atoms with Gasteiger partial charge in [-0.25, -0.2) is 14.0 Å². The Morgan fingerprint density at radius 1 is 1.12 bits per heavy atom. The van der Waals surface area contributed by atoms with Crippen LogP contribution in [-0.4, -0.2) is 40.0 Å². The van der Waals surface area contributed by atoms with Crippen LogP contribution in [0.1, 0.15) is 12.8 Å². The summed E-state index contributed by atoms with van der Waals surface area (Å²) in [5.74, 6) is -0.265. The first kappa shape index (κ1) is 21.3. The smallest absolute Gasteiger partial charge is 0.414 e. The number of nitrogens with one attached hydrogen (secondary N) is 2. The van der Waals surface area contributed by atoms with E-state index in [-0.39, 0.29) is 23.4 Å². The average Bonchev–Trinajstić information content (AvgIpc) is 3.15. The van der Waals surface area contributed by atoms with E-state index in [0.29, 0.717) is 36.5 Å². The highest BCUT2D eigenvalue weighted by molar-refractivity contribution is 8.00. The van der Waals surface area contributed by atoms with E-state index in [1.165, 1.54) is 28.8 Å². The van der Waals surface area contributed by atoms with Crippen LogP contribution in [0.4, 0.5) is 20.6 Å². The second-order valence-electron chi connectivity index (χ2n) is 7.85. The van der Waals surface area contributed by atoms with Gasteiger partial charge in [-0.05, 0) is 49.2 Å². The molecule has 2 N–H and O–H groups in total. The fraction of sp³-hybridized carbons (Fsp3) is 0.273. The number of amides is 2.